The molecule has 0 spiro atoms. The molecule has 0 bridgehead atoms. The van der Waals surface area contributed by atoms with E-state index in [0.29, 0.717) is 5.56 Å². The molecule has 134 valence electrons. The number of benzene rings is 3. The lowest BCUT2D eigenvalue weighted by Gasteiger charge is -2.26. The van der Waals surface area contributed by atoms with Gasteiger partial charge in [-0.25, -0.2) is 0 Å². The van der Waals surface area contributed by atoms with Crippen LogP contribution in [0.3, 0.4) is 0 Å². The molecule has 4 rings (SSSR count). The van der Waals surface area contributed by atoms with Crippen molar-refractivity contribution in [2.45, 2.75) is 6.10 Å². The van der Waals surface area contributed by atoms with Gasteiger partial charge in [0.25, 0.3) is 5.91 Å². The Bertz CT molecular complexity index is 982. The van der Waals surface area contributed by atoms with Crippen molar-refractivity contribution in [1.29, 1.82) is 0 Å². The molecule has 1 aliphatic rings. The predicted molar refractivity (Wildman–Crippen MR) is 103 cm³/mol. The molecule has 3 aromatic rings. The van der Waals surface area contributed by atoms with Gasteiger partial charge >= 0.3 is 0 Å². The maximum Gasteiger partial charge on any atom is 0.269 e. The number of nitrogens with one attached hydrogen (secondary N) is 2. The SMILES string of the molecule is O=C(NNC1=C[C@@H](c2ccccc2)Oc2ccccc21)c1ccc(O)cc1. The van der Waals surface area contributed by atoms with Gasteiger partial charge in [-0.05, 0) is 48.0 Å². The minimum absolute atomic E-state index is 0.117. The average Bonchev–Trinajstić information content (AvgIpc) is 2.72. The molecule has 1 aliphatic heterocycles. The van der Waals surface area contributed by atoms with Crippen LogP contribution in [0.5, 0.6) is 11.5 Å². The van der Waals surface area contributed by atoms with E-state index in [1.807, 2.05) is 60.7 Å². The standard InChI is InChI=1S/C22H18N2O3/c25-17-12-10-16(11-13-17)22(26)24-23-19-14-21(15-6-2-1-3-7-15)27-20-9-5-4-8-18(19)20/h1-14,21,23,25H,(H,24,26)/t21-/m0/s1. The van der Waals surface area contributed by atoms with Gasteiger partial charge in [0.2, 0.25) is 0 Å². The van der Waals surface area contributed by atoms with Crippen molar-refractivity contribution in [3.63, 3.8) is 0 Å². The summed E-state index contributed by atoms with van der Waals surface area (Å²) in [6.45, 7) is 0. The third-order valence-electron chi connectivity index (χ3n) is 4.32. The summed E-state index contributed by atoms with van der Waals surface area (Å²) in [7, 11) is 0. The van der Waals surface area contributed by atoms with E-state index < -0.39 is 0 Å². The molecule has 1 atom stereocenters. The molecule has 0 aromatic heterocycles. The van der Waals surface area contributed by atoms with Crippen molar-refractivity contribution in [1.82, 2.24) is 10.9 Å². The minimum atomic E-state index is -0.295. The first kappa shape index (κ1) is 16.7. The number of ether oxygens (including phenoxy) is 1. The van der Waals surface area contributed by atoms with E-state index in [1.165, 1.54) is 12.1 Å². The van der Waals surface area contributed by atoms with Crippen molar-refractivity contribution in [2.75, 3.05) is 0 Å². The molecule has 0 aliphatic carbocycles. The normalized spacial score (nSPS) is 15.1. The van der Waals surface area contributed by atoms with Crippen LogP contribution >= 0.6 is 0 Å². The van der Waals surface area contributed by atoms with Crippen molar-refractivity contribution >= 4 is 11.6 Å². The second-order valence-electron chi connectivity index (χ2n) is 6.15. The summed E-state index contributed by atoms with van der Waals surface area (Å²) in [5.41, 5.74) is 8.82. The third-order valence-corrected chi connectivity index (χ3v) is 4.32. The highest BCUT2D eigenvalue weighted by Gasteiger charge is 2.22. The molecule has 5 nitrogen and oxygen atoms in total. The van der Waals surface area contributed by atoms with Gasteiger partial charge in [-0.1, -0.05) is 42.5 Å². The Morgan fingerprint density at radius 3 is 2.37 bits per heavy atom. The number of hydrogen-bond donors (Lipinski definition) is 3. The van der Waals surface area contributed by atoms with Crippen LogP contribution in [-0.4, -0.2) is 11.0 Å². The van der Waals surface area contributed by atoms with Crippen LogP contribution in [0.4, 0.5) is 0 Å². The number of phenolic OH excluding ortho intramolecular Hbond substituents is 1. The maximum absolute atomic E-state index is 12.3. The lowest BCUT2D eigenvalue weighted by atomic mass is 10.0. The predicted octanol–water partition coefficient (Wildman–Crippen LogP) is 3.80. The smallest absolute Gasteiger partial charge is 0.269 e. The maximum atomic E-state index is 12.3. The molecule has 0 unspecified atom stereocenters. The Hall–Kier alpha value is -3.73. The molecular weight excluding hydrogens is 340 g/mol. The molecule has 3 aromatic carbocycles. The number of fused-ring (bicyclic) bond motifs is 1. The van der Waals surface area contributed by atoms with Gasteiger partial charge in [0.05, 0.1) is 5.70 Å². The minimum Gasteiger partial charge on any atom is -0.508 e. The van der Waals surface area contributed by atoms with Gasteiger partial charge in [0.15, 0.2) is 0 Å². The van der Waals surface area contributed by atoms with E-state index in [0.717, 1.165) is 22.6 Å². The summed E-state index contributed by atoms with van der Waals surface area (Å²) in [4.78, 5) is 12.3. The molecule has 0 saturated heterocycles. The van der Waals surface area contributed by atoms with Crippen LogP contribution in [0.25, 0.3) is 5.70 Å². The number of amides is 1. The van der Waals surface area contributed by atoms with Gasteiger partial charge in [-0.3, -0.25) is 15.6 Å². The first-order chi connectivity index (χ1) is 13.2. The Balaban J connectivity index is 1.57. The van der Waals surface area contributed by atoms with Crippen LogP contribution in [-0.2, 0) is 0 Å². The third kappa shape index (κ3) is 3.62. The number of aromatic hydroxyl groups is 1. The highest BCUT2D eigenvalue weighted by atomic mass is 16.5. The average molecular weight is 358 g/mol. The summed E-state index contributed by atoms with van der Waals surface area (Å²) in [5.74, 6) is 0.567. The fourth-order valence-corrected chi connectivity index (χ4v) is 2.93. The molecule has 0 saturated carbocycles. The largest absolute Gasteiger partial charge is 0.508 e. The zero-order valence-corrected chi connectivity index (χ0v) is 14.4. The van der Waals surface area contributed by atoms with Crippen molar-refractivity contribution in [3.05, 3.63) is 102 Å². The topological polar surface area (TPSA) is 70.6 Å². The summed E-state index contributed by atoms with van der Waals surface area (Å²) in [5, 5.41) is 9.35. The number of hydrogen-bond acceptors (Lipinski definition) is 4. The van der Waals surface area contributed by atoms with Crippen LogP contribution in [0, 0.1) is 0 Å². The molecule has 27 heavy (non-hydrogen) atoms. The van der Waals surface area contributed by atoms with Crippen LogP contribution in [0.2, 0.25) is 0 Å². The number of carbonyl (C=O) groups is 1. The number of rotatable bonds is 4. The fraction of sp³-hybridized carbons (Fsp3) is 0.0455. The monoisotopic (exact) mass is 358 g/mol. The zero-order valence-electron chi connectivity index (χ0n) is 14.4. The van der Waals surface area contributed by atoms with Crippen molar-refractivity contribution < 1.29 is 14.6 Å². The van der Waals surface area contributed by atoms with Gasteiger partial charge in [0.1, 0.15) is 17.6 Å². The number of phenols is 1. The fourth-order valence-electron chi connectivity index (χ4n) is 2.93. The Kier molecular flexibility index (Phi) is 4.49. The van der Waals surface area contributed by atoms with E-state index in [2.05, 4.69) is 10.9 Å². The lowest BCUT2D eigenvalue weighted by Crippen LogP contribution is -2.37. The van der Waals surface area contributed by atoms with Gasteiger partial charge < -0.3 is 9.84 Å². The first-order valence-corrected chi connectivity index (χ1v) is 8.59. The Morgan fingerprint density at radius 2 is 1.59 bits per heavy atom. The van der Waals surface area contributed by atoms with Crippen molar-refractivity contribution in [2.24, 2.45) is 0 Å². The van der Waals surface area contributed by atoms with E-state index in [4.69, 9.17) is 4.74 Å². The second kappa shape index (κ2) is 7.25. The molecule has 0 radical (unpaired) electrons. The summed E-state index contributed by atoms with van der Waals surface area (Å²) in [6.07, 6.45) is 1.68. The Labute approximate surface area is 156 Å². The van der Waals surface area contributed by atoms with E-state index >= 15 is 0 Å². The van der Waals surface area contributed by atoms with E-state index in [9.17, 15) is 9.90 Å². The Morgan fingerprint density at radius 1 is 0.889 bits per heavy atom. The highest BCUT2D eigenvalue weighted by molar-refractivity contribution is 5.94. The van der Waals surface area contributed by atoms with Gasteiger partial charge in [0, 0.05) is 11.1 Å². The quantitative estimate of drug-likeness (QED) is 0.621. The summed E-state index contributed by atoms with van der Waals surface area (Å²) < 4.78 is 6.10. The van der Waals surface area contributed by atoms with E-state index in [1.54, 1.807) is 12.1 Å². The number of carbonyl (C=O) groups excluding carboxylic acids is 1. The van der Waals surface area contributed by atoms with Crippen LogP contribution in [0.15, 0.2) is 84.9 Å². The first-order valence-electron chi connectivity index (χ1n) is 8.59. The number of para-hydroxylation sites is 1. The lowest BCUT2D eigenvalue weighted by molar-refractivity contribution is 0.0942. The molecule has 1 amide bonds. The number of hydrazine groups is 1. The van der Waals surface area contributed by atoms with Crippen molar-refractivity contribution in [3.8, 4) is 11.5 Å². The molecule has 3 N–H and O–H groups in total. The van der Waals surface area contributed by atoms with Gasteiger partial charge in [-0.15, -0.1) is 0 Å². The molecule has 0 fully saturated rings. The highest BCUT2D eigenvalue weighted by Crippen LogP contribution is 2.35. The molecule has 1 heterocycles. The van der Waals surface area contributed by atoms with E-state index in [-0.39, 0.29) is 17.8 Å². The summed E-state index contributed by atoms with van der Waals surface area (Å²) >= 11 is 0. The molecule has 5 heteroatoms. The van der Waals surface area contributed by atoms with Gasteiger partial charge in [-0.2, -0.15) is 0 Å². The van der Waals surface area contributed by atoms with Crippen LogP contribution < -0.4 is 15.6 Å². The van der Waals surface area contributed by atoms with Crippen LogP contribution in [0.1, 0.15) is 27.6 Å². The summed E-state index contributed by atoms with van der Waals surface area (Å²) in [6, 6.07) is 23.6. The zero-order chi connectivity index (χ0) is 18.6. The second-order valence-corrected chi connectivity index (χ2v) is 6.15. The molecular formula is C22H18N2O3.